The van der Waals surface area contributed by atoms with E-state index in [4.69, 9.17) is 16.0 Å². The zero-order chi connectivity index (χ0) is 13.1. The van der Waals surface area contributed by atoms with Crippen LogP contribution in [0.5, 0.6) is 0 Å². The molecule has 0 aromatic carbocycles. The van der Waals surface area contributed by atoms with Gasteiger partial charge in [-0.25, -0.2) is 0 Å². The van der Waals surface area contributed by atoms with Crippen LogP contribution in [0.3, 0.4) is 0 Å². The number of hydrogen-bond acceptors (Lipinski definition) is 4. The minimum absolute atomic E-state index is 0.226. The standard InChI is InChI=1S/C13H22ClN3O/c1-4-10-5-7-11(8-6-10)17(3)13-16-15-12(18-13)9(2)14/h9-11H,4-8H2,1-3H3. The number of rotatable bonds is 4. The van der Waals surface area contributed by atoms with E-state index >= 15 is 0 Å². The van der Waals surface area contributed by atoms with Gasteiger partial charge in [0.1, 0.15) is 5.38 Å². The maximum atomic E-state index is 5.93. The summed E-state index contributed by atoms with van der Waals surface area (Å²) in [6, 6.07) is 1.11. The van der Waals surface area contributed by atoms with Gasteiger partial charge in [-0.15, -0.1) is 16.7 Å². The van der Waals surface area contributed by atoms with Crippen molar-refractivity contribution in [2.24, 2.45) is 5.92 Å². The summed E-state index contributed by atoms with van der Waals surface area (Å²) in [5, 5.41) is 7.82. The highest BCUT2D eigenvalue weighted by molar-refractivity contribution is 6.20. The average Bonchev–Trinajstić information content (AvgIpc) is 2.88. The van der Waals surface area contributed by atoms with Gasteiger partial charge in [0.2, 0.25) is 5.89 Å². The summed E-state index contributed by atoms with van der Waals surface area (Å²) in [4.78, 5) is 2.11. The van der Waals surface area contributed by atoms with Gasteiger partial charge in [-0.05, 0) is 38.5 Å². The van der Waals surface area contributed by atoms with Crippen LogP contribution in [0.1, 0.15) is 57.2 Å². The minimum atomic E-state index is -0.226. The van der Waals surface area contributed by atoms with Crippen molar-refractivity contribution in [1.29, 1.82) is 0 Å². The molecule has 0 saturated heterocycles. The smallest absolute Gasteiger partial charge is 0.318 e. The largest absolute Gasteiger partial charge is 0.406 e. The highest BCUT2D eigenvalue weighted by Crippen LogP contribution is 2.31. The van der Waals surface area contributed by atoms with Crippen LogP contribution in [0, 0.1) is 5.92 Å². The fourth-order valence-corrected chi connectivity index (χ4v) is 2.71. The Morgan fingerprint density at radius 3 is 2.50 bits per heavy atom. The Morgan fingerprint density at radius 1 is 1.33 bits per heavy atom. The van der Waals surface area contributed by atoms with Crippen molar-refractivity contribution in [3.8, 4) is 0 Å². The van der Waals surface area contributed by atoms with Gasteiger partial charge in [0.25, 0.3) is 0 Å². The summed E-state index contributed by atoms with van der Waals surface area (Å²) in [5.74, 6) is 1.40. The van der Waals surface area contributed by atoms with Crippen LogP contribution >= 0.6 is 11.6 Å². The SMILES string of the molecule is CCC1CCC(N(C)c2nnc(C(C)Cl)o2)CC1. The van der Waals surface area contributed by atoms with Crippen LogP contribution in [0.15, 0.2) is 4.42 Å². The molecule has 1 aromatic heterocycles. The lowest BCUT2D eigenvalue weighted by molar-refractivity contribution is 0.306. The Bertz CT molecular complexity index is 372. The first kappa shape index (κ1) is 13.7. The molecule has 1 fully saturated rings. The second-order valence-corrected chi connectivity index (χ2v) is 5.89. The molecule has 0 amide bonds. The van der Waals surface area contributed by atoms with Crippen molar-refractivity contribution in [2.75, 3.05) is 11.9 Å². The van der Waals surface area contributed by atoms with Gasteiger partial charge in [0, 0.05) is 13.1 Å². The first-order valence-corrected chi connectivity index (χ1v) is 7.25. The molecule has 0 aliphatic heterocycles. The summed E-state index contributed by atoms with van der Waals surface area (Å²) in [6.45, 7) is 4.12. The normalized spacial score (nSPS) is 26.0. The van der Waals surface area contributed by atoms with Crippen LogP contribution in [0.25, 0.3) is 0 Å². The number of anilines is 1. The molecule has 5 heteroatoms. The number of alkyl halides is 1. The third-order valence-corrected chi connectivity index (χ3v) is 4.20. The molecule has 0 spiro atoms. The van der Waals surface area contributed by atoms with Crippen LogP contribution in [-0.4, -0.2) is 23.3 Å². The molecule has 1 aromatic rings. The van der Waals surface area contributed by atoms with E-state index < -0.39 is 0 Å². The lowest BCUT2D eigenvalue weighted by Crippen LogP contribution is -2.35. The Morgan fingerprint density at radius 2 is 2.00 bits per heavy atom. The van der Waals surface area contributed by atoms with Gasteiger partial charge >= 0.3 is 6.01 Å². The van der Waals surface area contributed by atoms with Crippen LogP contribution in [0.2, 0.25) is 0 Å². The molecule has 1 atom stereocenters. The second kappa shape index (κ2) is 5.91. The molecule has 1 unspecified atom stereocenters. The van der Waals surface area contributed by atoms with E-state index in [0.29, 0.717) is 17.9 Å². The Hall–Kier alpha value is -0.770. The van der Waals surface area contributed by atoms with E-state index in [-0.39, 0.29) is 5.38 Å². The molecule has 0 N–H and O–H groups in total. The molecule has 1 aliphatic rings. The molecule has 1 saturated carbocycles. The van der Waals surface area contributed by atoms with Crippen molar-refractivity contribution in [3.63, 3.8) is 0 Å². The third-order valence-electron chi connectivity index (χ3n) is 4.01. The Kier molecular flexibility index (Phi) is 4.49. The highest BCUT2D eigenvalue weighted by atomic mass is 35.5. The maximum Gasteiger partial charge on any atom is 0.318 e. The summed E-state index contributed by atoms with van der Waals surface area (Å²) in [7, 11) is 2.03. The van der Waals surface area contributed by atoms with E-state index in [1.54, 1.807) is 0 Å². The third kappa shape index (κ3) is 2.97. The summed E-state index contributed by atoms with van der Waals surface area (Å²) in [6.07, 6.45) is 6.33. The van der Waals surface area contributed by atoms with Gasteiger partial charge < -0.3 is 9.32 Å². The summed E-state index contributed by atoms with van der Waals surface area (Å²) >= 11 is 5.93. The molecular weight excluding hydrogens is 250 g/mol. The van der Waals surface area contributed by atoms with Crippen LogP contribution < -0.4 is 4.90 Å². The number of hydrogen-bond donors (Lipinski definition) is 0. The van der Waals surface area contributed by atoms with Crippen LogP contribution in [-0.2, 0) is 0 Å². The van der Waals surface area contributed by atoms with Gasteiger partial charge in [0.15, 0.2) is 0 Å². The van der Waals surface area contributed by atoms with E-state index in [1.807, 2.05) is 14.0 Å². The van der Waals surface area contributed by atoms with Crippen molar-refractivity contribution < 1.29 is 4.42 Å². The molecule has 0 bridgehead atoms. The van der Waals surface area contributed by atoms with Gasteiger partial charge in [-0.1, -0.05) is 18.4 Å². The molecule has 0 radical (unpaired) electrons. The fourth-order valence-electron chi connectivity index (χ4n) is 2.63. The summed E-state index contributed by atoms with van der Waals surface area (Å²) in [5.41, 5.74) is 0. The van der Waals surface area contributed by atoms with E-state index in [0.717, 1.165) is 5.92 Å². The first-order chi connectivity index (χ1) is 8.61. The zero-order valence-electron chi connectivity index (χ0n) is 11.4. The van der Waals surface area contributed by atoms with Gasteiger partial charge in [-0.3, -0.25) is 0 Å². The number of nitrogens with zero attached hydrogens (tertiary/aromatic N) is 3. The van der Waals surface area contributed by atoms with E-state index in [2.05, 4.69) is 22.0 Å². The molecule has 4 nitrogen and oxygen atoms in total. The van der Waals surface area contributed by atoms with Crippen LogP contribution in [0.4, 0.5) is 6.01 Å². The van der Waals surface area contributed by atoms with E-state index in [1.165, 1.54) is 32.1 Å². The van der Waals surface area contributed by atoms with Crippen molar-refractivity contribution >= 4 is 17.6 Å². The Labute approximate surface area is 114 Å². The lowest BCUT2D eigenvalue weighted by atomic mass is 9.84. The predicted molar refractivity (Wildman–Crippen MR) is 73.0 cm³/mol. The monoisotopic (exact) mass is 271 g/mol. The van der Waals surface area contributed by atoms with Crippen molar-refractivity contribution in [2.45, 2.75) is 57.4 Å². The second-order valence-electron chi connectivity index (χ2n) is 5.23. The predicted octanol–water partition coefficient (Wildman–Crippen LogP) is 3.77. The molecule has 18 heavy (non-hydrogen) atoms. The van der Waals surface area contributed by atoms with Gasteiger partial charge in [0.05, 0.1) is 0 Å². The highest BCUT2D eigenvalue weighted by Gasteiger charge is 2.26. The average molecular weight is 272 g/mol. The Balaban J connectivity index is 1.96. The van der Waals surface area contributed by atoms with Gasteiger partial charge in [-0.2, -0.15) is 0 Å². The van der Waals surface area contributed by atoms with Crippen molar-refractivity contribution in [1.82, 2.24) is 10.2 Å². The molecular formula is C13H22ClN3O. The fraction of sp³-hybridized carbons (Fsp3) is 0.846. The first-order valence-electron chi connectivity index (χ1n) is 6.82. The maximum absolute atomic E-state index is 5.93. The van der Waals surface area contributed by atoms with E-state index in [9.17, 15) is 0 Å². The van der Waals surface area contributed by atoms with Crippen molar-refractivity contribution in [3.05, 3.63) is 5.89 Å². The lowest BCUT2D eigenvalue weighted by Gasteiger charge is -2.33. The number of aromatic nitrogens is 2. The zero-order valence-corrected chi connectivity index (χ0v) is 12.2. The summed E-state index contributed by atoms with van der Waals surface area (Å²) < 4.78 is 5.59. The topological polar surface area (TPSA) is 42.2 Å². The molecule has 1 heterocycles. The molecule has 2 rings (SSSR count). The molecule has 102 valence electrons. The number of halogens is 1. The quantitative estimate of drug-likeness (QED) is 0.782. The minimum Gasteiger partial charge on any atom is -0.406 e. The molecule has 1 aliphatic carbocycles.